The molecule has 1 aromatic carbocycles. The number of hydrogen-bond donors (Lipinski definition) is 1. The zero-order valence-corrected chi connectivity index (χ0v) is 10.9. The zero-order valence-electron chi connectivity index (χ0n) is 10.9. The van der Waals surface area contributed by atoms with Crippen molar-refractivity contribution in [3.63, 3.8) is 0 Å². The molecule has 0 saturated heterocycles. The van der Waals surface area contributed by atoms with Gasteiger partial charge in [0, 0.05) is 23.3 Å². The molecule has 0 bridgehead atoms. The number of hydrogen-bond acceptors (Lipinski definition) is 2. The van der Waals surface area contributed by atoms with Gasteiger partial charge in [0.25, 0.3) is 0 Å². The van der Waals surface area contributed by atoms with Crippen LogP contribution in [0, 0.1) is 0 Å². The molecule has 0 atom stereocenters. The van der Waals surface area contributed by atoms with Crippen LogP contribution in [0.4, 0.5) is 5.82 Å². The van der Waals surface area contributed by atoms with Crippen LogP contribution in [0.1, 0.15) is 25.5 Å². The van der Waals surface area contributed by atoms with Crippen LogP contribution in [0.15, 0.2) is 30.3 Å². The largest absolute Gasteiger partial charge is 0.384 e. The number of fused-ring (bicyclic) bond motifs is 3. The van der Waals surface area contributed by atoms with Gasteiger partial charge in [0.15, 0.2) is 0 Å². The van der Waals surface area contributed by atoms with Gasteiger partial charge in [-0.1, -0.05) is 32.0 Å². The number of aromatic nitrogens is 2. The molecule has 18 heavy (non-hydrogen) atoms. The number of pyridine rings is 1. The predicted molar refractivity (Wildman–Crippen MR) is 76.7 cm³/mol. The summed E-state index contributed by atoms with van der Waals surface area (Å²) in [6.07, 6.45) is 0. The lowest BCUT2D eigenvalue weighted by Gasteiger charge is -2.09. The monoisotopic (exact) mass is 239 g/mol. The van der Waals surface area contributed by atoms with E-state index < -0.39 is 0 Å². The Hall–Kier alpha value is -2.03. The summed E-state index contributed by atoms with van der Waals surface area (Å²) in [4.78, 5) is 4.51. The predicted octanol–water partition coefficient (Wildman–Crippen LogP) is 3.43. The van der Waals surface area contributed by atoms with Crippen LogP contribution in [0.2, 0.25) is 0 Å². The van der Waals surface area contributed by atoms with Crippen LogP contribution in [0.25, 0.3) is 21.8 Å². The van der Waals surface area contributed by atoms with E-state index in [9.17, 15) is 0 Å². The van der Waals surface area contributed by atoms with Crippen LogP contribution in [-0.2, 0) is 7.05 Å². The average molecular weight is 239 g/mol. The van der Waals surface area contributed by atoms with Crippen molar-refractivity contribution >= 4 is 27.6 Å². The summed E-state index contributed by atoms with van der Waals surface area (Å²) in [5, 5.41) is 2.44. The molecule has 2 heterocycles. The SMILES string of the molecule is CC(C)c1nc(N)cc2c3ccccc3n(C)c12. The minimum absolute atomic E-state index is 0.360. The van der Waals surface area contributed by atoms with Crippen LogP contribution in [0.3, 0.4) is 0 Å². The molecule has 3 nitrogen and oxygen atoms in total. The van der Waals surface area contributed by atoms with Crippen molar-refractivity contribution in [2.45, 2.75) is 19.8 Å². The van der Waals surface area contributed by atoms with E-state index in [2.05, 4.69) is 54.7 Å². The Morgan fingerprint density at radius 2 is 1.89 bits per heavy atom. The summed E-state index contributed by atoms with van der Waals surface area (Å²) in [7, 11) is 2.09. The summed E-state index contributed by atoms with van der Waals surface area (Å²) < 4.78 is 2.21. The number of nitrogen functional groups attached to an aromatic ring is 1. The Bertz CT molecular complexity index is 738. The zero-order chi connectivity index (χ0) is 12.9. The quantitative estimate of drug-likeness (QED) is 0.707. The van der Waals surface area contributed by atoms with Crippen molar-refractivity contribution < 1.29 is 0 Å². The van der Waals surface area contributed by atoms with Crippen LogP contribution < -0.4 is 5.73 Å². The number of benzene rings is 1. The molecular weight excluding hydrogens is 222 g/mol. The summed E-state index contributed by atoms with van der Waals surface area (Å²) in [6, 6.07) is 10.4. The number of nitrogens with two attached hydrogens (primary N) is 1. The fraction of sp³-hybridized carbons (Fsp3) is 0.267. The highest BCUT2D eigenvalue weighted by Crippen LogP contribution is 2.33. The van der Waals surface area contributed by atoms with E-state index in [0.29, 0.717) is 11.7 Å². The van der Waals surface area contributed by atoms with Crippen molar-refractivity contribution in [1.82, 2.24) is 9.55 Å². The van der Waals surface area contributed by atoms with Gasteiger partial charge in [0.2, 0.25) is 0 Å². The van der Waals surface area contributed by atoms with Crippen LogP contribution in [0.5, 0.6) is 0 Å². The van der Waals surface area contributed by atoms with Gasteiger partial charge in [-0.05, 0) is 18.1 Å². The molecule has 2 aromatic heterocycles. The number of nitrogens with zero attached hydrogens (tertiary/aromatic N) is 2. The lowest BCUT2D eigenvalue weighted by molar-refractivity contribution is 0.823. The van der Waals surface area contributed by atoms with Gasteiger partial charge in [0.1, 0.15) is 5.82 Å². The topological polar surface area (TPSA) is 43.8 Å². The van der Waals surface area contributed by atoms with E-state index in [-0.39, 0.29) is 0 Å². The van der Waals surface area contributed by atoms with Crippen LogP contribution in [-0.4, -0.2) is 9.55 Å². The summed E-state index contributed by atoms with van der Waals surface area (Å²) in [5.41, 5.74) is 9.43. The first-order valence-electron chi connectivity index (χ1n) is 6.23. The van der Waals surface area contributed by atoms with Crippen molar-refractivity contribution in [3.8, 4) is 0 Å². The molecule has 0 unspecified atom stereocenters. The Morgan fingerprint density at radius 3 is 2.61 bits per heavy atom. The van der Waals surface area contributed by atoms with E-state index >= 15 is 0 Å². The van der Waals surface area contributed by atoms with E-state index in [1.54, 1.807) is 0 Å². The molecule has 0 aliphatic rings. The second-order valence-electron chi connectivity index (χ2n) is 5.06. The van der Waals surface area contributed by atoms with Gasteiger partial charge >= 0.3 is 0 Å². The molecule has 0 amide bonds. The fourth-order valence-corrected chi connectivity index (χ4v) is 2.65. The van der Waals surface area contributed by atoms with E-state index in [1.165, 1.54) is 21.8 Å². The van der Waals surface area contributed by atoms with Gasteiger partial charge in [-0.25, -0.2) is 4.98 Å². The summed E-state index contributed by atoms with van der Waals surface area (Å²) in [5.74, 6) is 0.960. The van der Waals surface area contributed by atoms with E-state index in [4.69, 9.17) is 5.73 Å². The highest BCUT2D eigenvalue weighted by Gasteiger charge is 2.15. The molecule has 0 spiro atoms. The minimum atomic E-state index is 0.360. The standard InChI is InChI=1S/C15H17N3/c1-9(2)14-15-11(8-13(16)17-14)10-6-4-5-7-12(10)18(15)3/h4-9H,1-3H3,(H2,16,17). The van der Waals surface area contributed by atoms with Crippen molar-refractivity contribution in [2.24, 2.45) is 7.05 Å². The first-order chi connectivity index (χ1) is 8.59. The minimum Gasteiger partial charge on any atom is -0.384 e. The smallest absolute Gasteiger partial charge is 0.124 e. The average Bonchev–Trinajstić information content (AvgIpc) is 2.63. The Morgan fingerprint density at radius 1 is 1.17 bits per heavy atom. The first kappa shape index (κ1) is 11.1. The third-order valence-electron chi connectivity index (χ3n) is 3.48. The third kappa shape index (κ3) is 1.40. The maximum Gasteiger partial charge on any atom is 0.124 e. The lowest BCUT2D eigenvalue weighted by atomic mass is 10.1. The van der Waals surface area contributed by atoms with Gasteiger partial charge in [-0.3, -0.25) is 0 Å². The normalized spacial score (nSPS) is 11.8. The van der Waals surface area contributed by atoms with Gasteiger partial charge < -0.3 is 10.3 Å². The molecule has 92 valence electrons. The van der Waals surface area contributed by atoms with Crippen molar-refractivity contribution in [1.29, 1.82) is 0 Å². The van der Waals surface area contributed by atoms with Gasteiger partial charge in [-0.2, -0.15) is 0 Å². The maximum atomic E-state index is 5.94. The fourth-order valence-electron chi connectivity index (χ4n) is 2.65. The molecule has 0 radical (unpaired) electrons. The highest BCUT2D eigenvalue weighted by atomic mass is 15.0. The number of rotatable bonds is 1. The molecule has 0 saturated carbocycles. The molecule has 3 rings (SSSR count). The molecule has 0 aliphatic carbocycles. The summed E-state index contributed by atoms with van der Waals surface area (Å²) >= 11 is 0. The molecule has 2 N–H and O–H groups in total. The van der Waals surface area contributed by atoms with E-state index in [0.717, 1.165) is 5.69 Å². The molecule has 3 heteroatoms. The highest BCUT2D eigenvalue weighted by molar-refractivity contribution is 6.09. The Balaban J connectivity index is 2.59. The first-order valence-corrected chi connectivity index (χ1v) is 6.23. The molecule has 3 aromatic rings. The van der Waals surface area contributed by atoms with Crippen molar-refractivity contribution in [3.05, 3.63) is 36.0 Å². The van der Waals surface area contributed by atoms with Gasteiger partial charge in [-0.15, -0.1) is 0 Å². The van der Waals surface area contributed by atoms with Crippen LogP contribution >= 0.6 is 0 Å². The summed E-state index contributed by atoms with van der Waals surface area (Å²) in [6.45, 7) is 4.30. The number of para-hydroxylation sites is 1. The molecule has 0 fully saturated rings. The lowest BCUT2D eigenvalue weighted by Crippen LogP contribution is -2.01. The molecular formula is C15H17N3. The second kappa shape index (κ2) is 3.73. The Labute approximate surface area is 106 Å². The van der Waals surface area contributed by atoms with Gasteiger partial charge in [0.05, 0.1) is 11.2 Å². The number of anilines is 1. The molecule has 0 aliphatic heterocycles. The second-order valence-corrected chi connectivity index (χ2v) is 5.06. The Kier molecular flexibility index (Phi) is 2.30. The maximum absolute atomic E-state index is 5.94. The third-order valence-corrected chi connectivity index (χ3v) is 3.48. The van der Waals surface area contributed by atoms with Crippen molar-refractivity contribution in [2.75, 3.05) is 5.73 Å². The van der Waals surface area contributed by atoms with E-state index in [1.807, 2.05) is 6.07 Å². The number of aryl methyl sites for hydroxylation is 1.